The van der Waals surface area contributed by atoms with Gasteiger partial charge in [0.15, 0.2) is 6.29 Å². The zero-order valence-electron chi connectivity index (χ0n) is 5.27. The molecule has 3 rings (SSSR count). The zero-order valence-corrected chi connectivity index (χ0v) is 5.27. The Bertz CT molecular complexity index is 169. The molecule has 3 fully saturated rings. The molecule has 4 heteroatoms. The Morgan fingerprint density at radius 1 is 1.20 bits per heavy atom. The molecule has 0 saturated carbocycles. The first-order chi connectivity index (χ1) is 4.86. The first kappa shape index (κ1) is 5.49. The Morgan fingerprint density at radius 2 is 2.10 bits per heavy atom. The van der Waals surface area contributed by atoms with Crippen molar-refractivity contribution >= 4 is 0 Å². The summed E-state index contributed by atoms with van der Waals surface area (Å²) in [7, 11) is 0. The monoisotopic (exact) mass is 144 g/mol. The number of rotatable bonds is 0. The van der Waals surface area contributed by atoms with Crippen LogP contribution in [0.25, 0.3) is 0 Å². The molecule has 0 aliphatic carbocycles. The third-order valence-corrected chi connectivity index (χ3v) is 2.28. The van der Waals surface area contributed by atoms with E-state index < -0.39 is 12.4 Å². The van der Waals surface area contributed by atoms with Gasteiger partial charge in [-0.05, 0) is 0 Å². The van der Waals surface area contributed by atoms with Crippen LogP contribution in [-0.2, 0) is 14.2 Å². The van der Waals surface area contributed by atoms with Crippen LogP contribution in [-0.4, -0.2) is 42.4 Å². The minimum absolute atomic E-state index is 0.00810. The fourth-order valence-electron chi connectivity index (χ4n) is 1.66. The van der Waals surface area contributed by atoms with Gasteiger partial charge in [0.05, 0.1) is 6.61 Å². The summed E-state index contributed by atoms with van der Waals surface area (Å²) in [5.74, 6) is 0. The lowest BCUT2D eigenvalue weighted by atomic mass is 10.1. The first-order valence-corrected chi connectivity index (χ1v) is 3.47. The smallest absolute Gasteiger partial charge is 0.186 e. The van der Waals surface area contributed by atoms with E-state index in [1.807, 2.05) is 0 Å². The van der Waals surface area contributed by atoms with Crippen molar-refractivity contribution in [3.63, 3.8) is 0 Å². The number of aliphatic hydroxyl groups excluding tert-OH is 1. The normalized spacial score (nSPS) is 63.9. The van der Waals surface area contributed by atoms with Crippen molar-refractivity contribution in [3.05, 3.63) is 0 Å². The summed E-state index contributed by atoms with van der Waals surface area (Å²) in [6.45, 7) is 0.572. The molecule has 1 N–H and O–H groups in total. The zero-order chi connectivity index (χ0) is 6.72. The van der Waals surface area contributed by atoms with Gasteiger partial charge in [0.2, 0.25) is 0 Å². The highest BCUT2D eigenvalue weighted by atomic mass is 16.8. The summed E-state index contributed by atoms with van der Waals surface area (Å²) < 4.78 is 15.6. The third-order valence-electron chi connectivity index (χ3n) is 2.28. The van der Waals surface area contributed by atoms with Gasteiger partial charge in [-0.15, -0.1) is 0 Å². The maximum Gasteiger partial charge on any atom is 0.186 e. The van der Waals surface area contributed by atoms with E-state index in [0.29, 0.717) is 6.61 Å². The fourth-order valence-corrected chi connectivity index (χ4v) is 1.66. The topological polar surface area (TPSA) is 51.2 Å². The molecule has 0 aromatic carbocycles. The second-order valence-corrected chi connectivity index (χ2v) is 2.93. The van der Waals surface area contributed by atoms with Crippen LogP contribution in [0, 0.1) is 0 Å². The van der Waals surface area contributed by atoms with Crippen LogP contribution in [0.15, 0.2) is 0 Å². The van der Waals surface area contributed by atoms with Gasteiger partial charge in [0.1, 0.15) is 24.4 Å². The summed E-state index contributed by atoms with van der Waals surface area (Å²) in [6, 6.07) is 0. The van der Waals surface area contributed by atoms with E-state index in [0.717, 1.165) is 0 Å². The molecular formula is C6H8O4. The molecule has 0 aromatic heterocycles. The molecule has 3 saturated heterocycles. The maximum absolute atomic E-state index is 9.33. The summed E-state index contributed by atoms with van der Waals surface area (Å²) >= 11 is 0. The van der Waals surface area contributed by atoms with Gasteiger partial charge >= 0.3 is 0 Å². The predicted molar refractivity (Wildman–Crippen MR) is 29.3 cm³/mol. The Balaban J connectivity index is 1.91. The van der Waals surface area contributed by atoms with Crippen molar-refractivity contribution in [2.45, 2.75) is 30.7 Å². The van der Waals surface area contributed by atoms with Crippen molar-refractivity contribution < 1.29 is 19.3 Å². The third kappa shape index (κ3) is 0.509. The molecule has 3 aliphatic rings. The summed E-state index contributed by atoms with van der Waals surface area (Å²) in [5, 5.41) is 9.33. The minimum atomic E-state index is -0.566. The average Bonchev–Trinajstić information content (AvgIpc) is 2.61. The van der Waals surface area contributed by atoms with E-state index in [1.54, 1.807) is 0 Å². The van der Waals surface area contributed by atoms with Crippen molar-refractivity contribution in [3.8, 4) is 0 Å². The van der Waals surface area contributed by atoms with Gasteiger partial charge in [0.25, 0.3) is 0 Å². The largest absolute Gasteiger partial charge is 0.385 e. The lowest BCUT2D eigenvalue weighted by Crippen LogP contribution is -2.39. The fraction of sp³-hybridized carbons (Fsp3) is 1.00. The standard InChI is InChI=1S/C6H8O4/c7-3-5-4(10-5)2-1-8-6(3)9-2/h2-7H,1H2. The second kappa shape index (κ2) is 1.53. The van der Waals surface area contributed by atoms with E-state index in [-0.39, 0.29) is 18.3 Å². The van der Waals surface area contributed by atoms with Gasteiger partial charge in [-0.1, -0.05) is 0 Å². The molecule has 0 radical (unpaired) electrons. The van der Waals surface area contributed by atoms with E-state index >= 15 is 0 Å². The molecule has 5 atom stereocenters. The SMILES string of the molecule is OC1C2OCC(O2)C2OC12. The number of aliphatic hydroxyl groups is 1. The van der Waals surface area contributed by atoms with Crippen LogP contribution >= 0.6 is 0 Å². The number of epoxide rings is 1. The van der Waals surface area contributed by atoms with E-state index in [4.69, 9.17) is 14.2 Å². The van der Waals surface area contributed by atoms with E-state index in [1.165, 1.54) is 0 Å². The van der Waals surface area contributed by atoms with E-state index in [9.17, 15) is 5.11 Å². The minimum Gasteiger partial charge on any atom is -0.385 e. The number of fused-ring (bicyclic) bond motifs is 4. The first-order valence-electron chi connectivity index (χ1n) is 3.47. The molecule has 0 aromatic rings. The van der Waals surface area contributed by atoms with Crippen LogP contribution in [0.3, 0.4) is 0 Å². The molecule has 2 bridgehead atoms. The summed E-state index contributed by atoms with van der Waals surface area (Å²) in [6.07, 6.45) is -0.809. The Morgan fingerprint density at radius 3 is 3.00 bits per heavy atom. The van der Waals surface area contributed by atoms with Crippen molar-refractivity contribution in [1.29, 1.82) is 0 Å². The molecule has 5 unspecified atom stereocenters. The van der Waals surface area contributed by atoms with Gasteiger partial charge in [-0.3, -0.25) is 0 Å². The highest BCUT2D eigenvalue weighted by Gasteiger charge is 2.60. The Hall–Kier alpha value is -0.160. The van der Waals surface area contributed by atoms with Crippen LogP contribution in [0.2, 0.25) is 0 Å². The lowest BCUT2D eigenvalue weighted by Gasteiger charge is -2.18. The molecule has 10 heavy (non-hydrogen) atoms. The van der Waals surface area contributed by atoms with Crippen molar-refractivity contribution in [2.24, 2.45) is 0 Å². The average molecular weight is 144 g/mol. The summed E-state index contributed by atoms with van der Waals surface area (Å²) in [4.78, 5) is 0. The highest BCUT2D eigenvalue weighted by Crippen LogP contribution is 2.41. The van der Waals surface area contributed by atoms with Crippen molar-refractivity contribution in [1.82, 2.24) is 0 Å². The van der Waals surface area contributed by atoms with Crippen LogP contribution in [0.5, 0.6) is 0 Å². The quantitative estimate of drug-likeness (QED) is 0.437. The lowest BCUT2D eigenvalue weighted by molar-refractivity contribution is -0.143. The summed E-state index contributed by atoms with van der Waals surface area (Å²) in [5.41, 5.74) is 0. The van der Waals surface area contributed by atoms with Crippen molar-refractivity contribution in [2.75, 3.05) is 6.61 Å². The highest BCUT2D eigenvalue weighted by molar-refractivity contribution is 5.03. The molecule has 0 amide bonds. The molecule has 3 aliphatic heterocycles. The molecule has 3 heterocycles. The number of ether oxygens (including phenoxy) is 3. The maximum atomic E-state index is 9.33. The van der Waals surface area contributed by atoms with Crippen LogP contribution in [0.4, 0.5) is 0 Å². The van der Waals surface area contributed by atoms with Gasteiger partial charge < -0.3 is 19.3 Å². The predicted octanol–water partition coefficient (Wildman–Crippen LogP) is -1.13. The Labute approximate surface area is 57.7 Å². The Kier molecular flexibility index (Phi) is 0.840. The van der Waals surface area contributed by atoms with Crippen LogP contribution < -0.4 is 0 Å². The number of hydrogen-bond acceptors (Lipinski definition) is 4. The molecule has 0 spiro atoms. The van der Waals surface area contributed by atoms with Crippen LogP contribution in [0.1, 0.15) is 0 Å². The second-order valence-electron chi connectivity index (χ2n) is 2.93. The molecule has 56 valence electrons. The molecular weight excluding hydrogens is 136 g/mol. The van der Waals surface area contributed by atoms with E-state index in [2.05, 4.69) is 0 Å². The van der Waals surface area contributed by atoms with Gasteiger partial charge in [-0.25, -0.2) is 0 Å². The van der Waals surface area contributed by atoms with Gasteiger partial charge in [0, 0.05) is 0 Å². The molecule has 4 nitrogen and oxygen atoms in total. The van der Waals surface area contributed by atoms with Gasteiger partial charge in [-0.2, -0.15) is 0 Å². The number of hydrogen-bond donors (Lipinski definition) is 1.